The maximum absolute atomic E-state index is 9.53. The standard InChI is InChI=1S/C15H23NOS/c17-13-7-5-11(6-8-13)9-15-16-14(10-18-15)12-3-1-2-4-12/h10-13,17H,1-9H2. The van der Waals surface area contributed by atoms with Crippen molar-refractivity contribution in [1.29, 1.82) is 0 Å². The average molecular weight is 265 g/mol. The first-order valence-corrected chi connectivity index (χ1v) is 8.31. The number of nitrogens with zero attached hydrogens (tertiary/aromatic N) is 1. The summed E-state index contributed by atoms with van der Waals surface area (Å²) in [5, 5.41) is 13.2. The molecule has 3 heteroatoms. The van der Waals surface area contributed by atoms with Gasteiger partial charge in [0.05, 0.1) is 16.8 Å². The van der Waals surface area contributed by atoms with Crippen LogP contribution >= 0.6 is 11.3 Å². The largest absolute Gasteiger partial charge is 0.393 e. The van der Waals surface area contributed by atoms with Gasteiger partial charge in [-0.3, -0.25) is 0 Å². The Labute approximate surface area is 113 Å². The smallest absolute Gasteiger partial charge is 0.0931 e. The summed E-state index contributed by atoms with van der Waals surface area (Å²) < 4.78 is 0. The Morgan fingerprint density at radius 1 is 1.11 bits per heavy atom. The molecule has 2 nitrogen and oxygen atoms in total. The molecule has 1 aromatic heterocycles. The van der Waals surface area contributed by atoms with Crippen LogP contribution in [0.25, 0.3) is 0 Å². The van der Waals surface area contributed by atoms with E-state index in [0.29, 0.717) is 0 Å². The topological polar surface area (TPSA) is 33.1 Å². The van der Waals surface area contributed by atoms with Crippen molar-refractivity contribution in [3.63, 3.8) is 0 Å². The monoisotopic (exact) mass is 265 g/mol. The number of hydrogen-bond acceptors (Lipinski definition) is 3. The molecule has 0 aromatic carbocycles. The van der Waals surface area contributed by atoms with E-state index in [-0.39, 0.29) is 6.10 Å². The molecule has 2 aliphatic rings. The third kappa shape index (κ3) is 2.94. The van der Waals surface area contributed by atoms with Gasteiger partial charge in [-0.15, -0.1) is 11.3 Å². The molecule has 1 heterocycles. The lowest BCUT2D eigenvalue weighted by Crippen LogP contribution is -2.19. The molecule has 2 aliphatic carbocycles. The number of aliphatic hydroxyl groups excluding tert-OH is 1. The SMILES string of the molecule is OC1CCC(Cc2nc(C3CCCC3)cs2)CC1. The first-order chi connectivity index (χ1) is 8.81. The van der Waals surface area contributed by atoms with Crippen molar-refractivity contribution in [2.45, 2.75) is 69.8 Å². The zero-order valence-electron chi connectivity index (χ0n) is 11.0. The van der Waals surface area contributed by atoms with Gasteiger partial charge in [-0.1, -0.05) is 12.8 Å². The molecule has 0 aliphatic heterocycles. The summed E-state index contributed by atoms with van der Waals surface area (Å²) in [5.74, 6) is 1.51. The maximum Gasteiger partial charge on any atom is 0.0931 e. The van der Waals surface area contributed by atoms with E-state index in [1.165, 1.54) is 49.2 Å². The summed E-state index contributed by atoms with van der Waals surface area (Å²) in [6, 6.07) is 0. The van der Waals surface area contributed by atoms with Crippen molar-refractivity contribution < 1.29 is 5.11 Å². The Bertz CT molecular complexity index is 376. The summed E-state index contributed by atoms with van der Waals surface area (Å²) in [6.07, 6.45) is 10.9. The lowest BCUT2D eigenvalue weighted by Gasteiger charge is -2.24. The van der Waals surface area contributed by atoms with E-state index in [2.05, 4.69) is 5.38 Å². The van der Waals surface area contributed by atoms with Crippen LogP contribution in [0.15, 0.2) is 5.38 Å². The third-order valence-corrected chi connectivity index (χ3v) is 5.51. The molecular formula is C15H23NOS. The molecule has 1 N–H and O–H groups in total. The first-order valence-electron chi connectivity index (χ1n) is 7.43. The lowest BCUT2D eigenvalue weighted by atomic mass is 9.85. The minimum Gasteiger partial charge on any atom is -0.393 e. The molecule has 0 spiro atoms. The third-order valence-electron chi connectivity index (χ3n) is 4.62. The second kappa shape index (κ2) is 5.70. The summed E-state index contributed by atoms with van der Waals surface area (Å²) in [7, 11) is 0. The minimum atomic E-state index is -0.0356. The molecule has 0 amide bonds. The van der Waals surface area contributed by atoms with Crippen LogP contribution in [0.1, 0.15) is 68.0 Å². The average Bonchev–Trinajstić information content (AvgIpc) is 3.02. The lowest BCUT2D eigenvalue weighted by molar-refractivity contribution is 0.108. The van der Waals surface area contributed by atoms with Crippen LogP contribution in [0.5, 0.6) is 0 Å². The highest BCUT2D eigenvalue weighted by Gasteiger charge is 2.23. The van der Waals surface area contributed by atoms with Gasteiger partial charge in [0.2, 0.25) is 0 Å². The molecule has 100 valence electrons. The van der Waals surface area contributed by atoms with Crippen molar-refractivity contribution in [1.82, 2.24) is 4.98 Å². The van der Waals surface area contributed by atoms with Crippen LogP contribution in [0.2, 0.25) is 0 Å². The highest BCUT2D eigenvalue weighted by atomic mass is 32.1. The van der Waals surface area contributed by atoms with E-state index in [9.17, 15) is 5.11 Å². The fraction of sp³-hybridized carbons (Fsp3) is 0.800. The zero-order valence-corrected chi connectivity index (χ0v) is 11.8. The van der Waals surface area contributed by atoms with E-state index in [4.69, 9.17) is 4.98 Å². The summed E-state index contributed by atoms with van der Waals surface area (Å²) in [6.45, 7) is 0. The van der Waals surface area contributed by atoms with Crippen LogP contribution < -0.4 is 0 Å². The molecule has 0 radical (unpaired) electrons. The number of rotatable bonds is 3. The van der Waals surface area contributed by atoms with Gasteiger partial charge in [-0.05, 0) is 44.4 Å². The fourth-order valence-corrected chi connectivity index (χ4v) is 4.42. The second-order valence-corrected chi connectivity index (χ2v) is 6.97. The normalized spacial score (nSPS) is 29.8. The van der Waals surface area contributed by atoms with E-state index >= 15 is 0 Å². The zero-order chi connectivity index (χ0) is 12.4. The quantitative estimate of drug-likeness (QED) is 0.899. The van der Waals surface area contributed by atoms with Gasteiger partial charge in [-0.2, -0.15) is 0 Å². The Kier molecular flexibility index (Phi) is 4.00. The highest BCUT2D eigenvalue weighted by Crippen LogP contribution is 2.35. The van der Waals surface area contributed by atoms with Gasteiger partial charge in [-0.25, -0.2) is 4.98 Å². The summed E-state index contributed by atoms with van der Waals surface area (Å²) >= 11 is 1.86. The van der Waals surface area contributed by atoms with Crippen LogP contribution in [-0.2, 0) is 6.42 Å². The molecule has 0 atom stereocenters. The van der Waals surface area contributed by atoms with Crippen LogP contribution in [0, 0.1) is 5.92 Å². The molecule has 0 saturated heterocycles. The molecule has 0 bridgehead atoms. The van der Waals surface area contributed by atoms with Crippen molar-refractivity contribution in [3.05, 3.63) is 16.1 Å². The van der Waals surface area contributed by atoms with E-state index in [1.54, 1.807) is 0 Å². The maximum atomic E-state index is 9.53. The predicted molar refractivity (Wildman–Crippen MR) is 75.0 cm³/mol. The Morgan fingerprint density at radius 3 is 2.56 bits per heavy atom. The first kappa shape index (κ1) is 12.6. The minimum absolute atomic E-state index is 0.0356. The molecule has 1 aromatic rings. The van der Waals surface area contributed by atoms with Gasteiger partial charge in [0, 0.05) is 17.7 Å². The van der Waals surface area contributed by atoms with E-state index in [0.717, 1.165) is 31.1 Å². The van der Waals surface area contributed by atoms with Crippen molar-refractivity contribution in [2.24, 2.45) is 5.92 Å². The van der Waals surface area contributed by atoms with E-state index in [1.807, 2.05) is 11.3 Å². The molecule has 0 unspecified atom stereocenters. The molecule has 18 heavy (non-hydrogen) atoms. The van der Waals surface area contributed by atoms with Gasteiger partial charge in [0.25, 0.3) is 0 Å². The molecule has 2 saturated carbocycles. The Hall–Kier alpha value is -0.410. The van der Waals surface area contributed by atoms with Gasteiger partial charge in [0.1, 0.15) is 0 Å². The number of aliphatic hydroxyl groups is 1. The van der Waals surface area contributed by atoms with Crippen LogP contribution in [0.3, 0.4) is 0 Å². The molecular weight excluding hydrogens is 242 g/mol. The summed E-state index contributed by atoms with van der Waals surface area (Å²) in [4.78, 5) is 4.86. The fourth-order valence-electron chi connectivity index (χ4n) is 3.42. The van der Waals surface area contributed by atoms with Gasteiger partial charge >= 0.3 is 0 Å². The van der Waals surface area contributed by atoms with Gasteiger partial charge < -0.3 is 5.11 Å². The number of hydrogen-bond donors (Lipinski definition) is 1. The van der Waals surface area contributed by atoms with Crippen molar-refractivity contribution >= 4 is 11.3 Å². The van der Waals surface area contributed by atoms with Crippen molar-refractivity contribution in [3.8, 4) is 0 Å². The van der Waals surface area contributed by atoms with Crippen molar-refractivity contribution in [2.75, 3.05) is 0 Å². The highest BCUT2D eigenvalue weighted by molar-refractivity contribution is 7.09. The molecule has 2 fully saturated rings. The summed E-state index contributed by atoms with van der Waals surface area (Å²) in [5.41, 5.74) is 1.36. The Balaban J connectivity index is 1.56. The van der Waals surface area contributed by atoms with E-state index < -0.39 is 0 Å². The second-order valence-electron chi connectivity index (χ2n) is 6.03. The van der Waals surface area contributed by atoms with Crippen LogP contribution in [-0.4, -0.2) is 16.2 Å². The van der Waals surface area contributed by atoms with Crippen LogP contribution in [0.4, 0.5) is 0 Å². The predicted octanol–water partition coefficient (Wildman–Crippen LogP) is 3.89. The Morgan fingerprint density at radius 2 is 1.83 bits per heavy atom. The number of thiazole rings is 1. The number of aromatic nitrogens is 1. The molecule has 3 rings (SSSR count). The van der Waals surface area contributed by atoms with Gasteiger partial charge in [0.15, 0.2) is 0 Å².